The molecule has 2 fully saturated rings. The molecule has 132 valence electrons. The Bertz CT molecular complexity index is 555. The smallest absolute Gasteiger partial charge is 0.165 e. The van der Waals surface area contributed by atoms with Gasteiger partial charge in [0.15, 0.2) is 11.6 Å². The predicted octanol–water partition coefficient (Wildman–Crippen LogP) is 6.67. The standard InChI is InChI=1S/C21H28ClFO/c1-24-21-11-10-19(14-20(21)23)18-8-6-17(7-9-18)16-4-2-15(3-5-16)12-13-22/h10-18H,2-9H2,1H3. The molecule has 1 nitrogen and oxygen atoms in total. The van der Waals surface area contributed by atoms with E-state index in [2.05, 4.69) is 6.08 Å². The first-order chi connectivity index (χ1) is 11.7. The van der Waals surface area contributed by atoms with Crippen molar-refractivity contribution in [2.75, 3.05) is 7.11 Å². The minimum atomic E-state index is -0.234. The summed E-state index contributed by atoms with van der Waals surface area (Å²) < 4.78 is 19.0. The number of benzene rings is 1. The van der Waals surface area contributed by atoms with Gasteiger partial charge >= 0.3 is 0 Å². The van der Waals surface area contributed by atoms with Crippen LogP contribution in [0.3, 0.4) is 0 Å². The molecule has 24 heavy (non-hydrogen) atoms. The predicted molar refractivity (Wildman–Crippen MR) is 98.1 cm³/mol. The molecule has 2 saturated carbocycles. The van der Waals surface area contributed by atoms with Crippen LogP contribution < -0.4 is 4.74 Å². The third-order valence-corrected chi connectivity index (χ3v) is 6.39. The minimum absolute atomic E-state index is 0.234. The van der Waals surface area contributed by atoms with Gasteiger partial charge in [-0.3, -0.25) is 0 Å². The number of hydrogen-bond acceptors (Lipinski definition) is 1. The van der Waals surface area contributed by atoms with E-state index in [4.69, 9.17) is 16.3 Å². The summed E-state index contributed by atoms with van der Waals surface area (Å²) in [5.74, 6) is 3.07. The summed E-state index contributed by atoms with van der Waals surface area (Å²) in [6.07, 6.45) is 12.4. The zero-order valence-corrected chi connectivity index (χ0v) is 15.3. The van der Waals surface area contributed by atoms with Gasteiger partial charge in [0.05, 0.1) is 7.11 Å². The Hall–Kier alpha value is -1.02. The average molecular weight is 351 g/mol. The molecule has 0 saturated heterocycles. The molecule has 0 unspecified atom stereocenters. The fourth-order valence-electron chi connectivity index (χ4n) is 4.77. The maximum absolute atomic E-state index is 13.9. The molecule has 0 aromatic heterocycles. The second kappa shape index (κ2) is 8.38. The molecule has 0 atom stereocenters. The minimum Gasteiger partial charge on any atom is -0.494 e. The van der Waals surface area contributed by atoms with Gasteiger partial charge in [0.1, 0.15) is 0 Å². The van der Waals surface area contributed by atoms with E-state index in [1.807, 2.05) is 6.07 Å². The molecule has 0 bridgehead atoms. The number of halogens is 2. The van der Waals surface area contributed by atoms with Crippen molar-refractivity contribution in [2.24, 2.45) is 17.8 Å². The van der Waals surface area contributed by atoms with Crippen molar-refractivity contribution in [3.8, 4) is 5.75 Å². The Morgan fingerprint density at radius 1 is 1.00 bits per heavy atom. The van der Waals surface area contributed by atoms with Crippen molar-refractivity contribution in [2.45, 2.75) is 57.3 Å². The van der Waals surface area contributed by atoms with Crippen LogP contribution in [0, 0.1) is 23.6 Å². The van der Waals surface area contributed by atoms with Crippen molar-refractivity contribution in [3.05, 3.63) is 41.2 Å². The van der Waals surface area contributed by atoms with Gasteiger partial charge in [-0.05, 0) is 92.7 Å². The molecule has 2 aliphatic rings. The third kappa shape index (κ3) is 4.14. The number of allylic oxidation sites excluding steroid dienone is 1. The Labute approximate surface area is 150 Å². The van der Waals surface area contributed by atoms with Crippen molar-refractivity contribution in [1.29, 1.82) is 0 Å². The van der Waals surface area contributed by atoms with Gasteiger partial charge in [0, 0.05) is 5.54 Å². The normalized spacial score (nSPS) is 31.3. The lowest BCUT2D eigenvalue weighted by atomic mass is 9.68. The summed E-state index contributed by atoms with van der Waals surface area (Å²) in [5.41, 5.74) is 2.83. The third-order valence-electron chi connectivity index (χ3n) is 6.25. The lowest BCUT2D eigenvalue weighted by Crippen LogP contribution is -2.25. The van der Waals surface area contributed by atoms with E-state index < -0.39 is 0 Å². The van der Waals surface area contributed by atoms with Crippen molar-refractivity contribution >= 4 is 11.6 Å². The quantitative estimate of drug-likeness (QED) is 0.589. The molecular formula is C21H28ClFO. The molecule has 1 aromatic carbocycles. The lowest BCUT2D eigenvalue weighted by molar-refractivity contribution is 0.171. The maximum Gasteiger partial charge on any atom is 0.165 e. The number of methoxy groups -OCH3 is 1. The second-order valence-corrected chi connectivity index (χ2v) is 7.75. The first-order valence-corrected chi connectivity index (χ1v) is 9.75. The van der Waals surface area contributed by atoms with Crippen molar-refractivity contribution in [3.63, 3.8) is 0 Å². The highest BCUT2D eigenvalue weighted by atomic mass is 35.5. The average Bonchev–Trinajstić information content (AvgIpc) is 2.63. The topological polar surface area (TPSA) is 9.23 Å². The Kier molecular flexibility index (Phi) is 6.21. The number of ether oxygens (including phenoxy) is 1. The lowest BCUT2D eigenvalue weighted by Gasteiger charge is -2.37. The Morgan fingerprint density at radius 3 is 2.17 bits per heavy atom. The van der Waals surface area contributed by atoms with Crippen LogP contribution in [0.5, 0.6) is 5.75 Å². The molecule has 0 spiro atoms. The summed E-state index contributed by atoms with van der Waals surface area (Å²) in [7, 11) is 1.51. The zero-order valence-electron chi connectivity index (χ0n) is 14.5. The summed E-state index contributed by atoms with van der Waals surface area (Å²) >= 11 is 5.71. The molecule has 0 radical (unpaired) electrons. The van der Waals surface area contributed by atoms with Crippen LogP contribution in [-0.2, 0) is 0 Å². The van der Waals surface area contributed by atoms with Crippen LogP contribution >= 0.6 is 11.6 Å². The Balaban J connectivity index is 1.52. The second-order valence-electron chi connectivity index (χ2n) is 7.50. The van der Waals surface area contributed by atoms with Gasteiger partial charge in [0.25, 0.3) is 0 Å². The molecule has 3 rings (SSSR count). The summed E-state index contributed by atoms with van der Waals surface area (Å²) in [6.45, 7) is 0. The van der Waals surface area contributed by atoms with E-state index >= 15 is 0 Å². The fourth-order valence-corrected chi connectivity index (χ4v) is 4.98. The van der Waals surface area contributed by atoms with Crippen LogP contribution in [-0.4, -0.2) is 7.11 Å². The number of hydrogen-bond donors (Lipinski definition) is 0. The molecule has 3 heteroatoms. The van der Waals surface area contributed by atoms with Gasteiger partial charge in [-0.2, -0.15) is 0 Å². The molecule has 1 aromatic rings. The van der Waals surface area contributed by atoms with Gasteiger partial charge < -0.3 is 4.74 Å². The highest BCUT2D eigenvalue weighted by Crippen LogP contribution is 2.44. The molecule has 0 heterocycles. The maximum atomic E-state index is 13.9. The van der Waals surface area contributed by atoms with E-state index in [9.17, 15) is 4.39 Å². The molecule has 0 aliphatic heterocycles. The Morgan fingerprint density at radius 2 is 1.62 bits per heavy atom. The van der Waals surface area contributed by atoms with E-state index in [1.54, 1.807) is 17.7 Å². The first-order valence-electron chi connectivity index (χ1n) is 9.31. The summed E-state index contributed by atoms with van der Waals surface area (Å²) in [6, 6.07) is 5.48. The SMILES string of the molecule is COc1ccc(C2CCC(C3CCC(C=CCl)CC3)CC2)cc1F. The largest absolute Gasteiger partial charge is 0.494 e. The highest BCUT2D eigenvalue weighted by Gasteiger charge is 2.30. The van der Waals surface area contributed by atoms with Gasteiger partial charge in [-0.1, -0.05) is 23.7 Å². The number of rotatable bonds is 4. The van der Waals surface area contributed by atoms with Gasteiger partial charge in [-0.15, -0.1) is 0 Å². The van der Waals surface area contributed by atoms with Crippen LogP contribution in [0.25, 0.3) is 0 Å². The van der Waals surface area contributed by atoms with Crippen LogP contribution in [0.4, 0.5) is 4.39 Å². The van der Waals surface area contributed by atoms with E-state index in [1.165, 1.54) is 58.5 Å². The monoisotopic (exact) mass is 350 g/mol. The summed E-state index contributed by atoms with van der Waals surface area (Å²) in [4.78, 5) is 0. The zero-order chi connectivity index (χ0) is 16.9. The molecule has 0 N–H and O–H groups in total. The van der Waals surface area contributed by atoms with Crippen molar-refractivity contribution < 1.29 is 9.13 Å². The fraction of sp³-hybridized carbons (Fsp3) is 0.619. The molecule has 0 amide bonds. The van der Waals surface area contributed by atoms with Crippen LogP contribution in [0.15, 0.2) is 29.8 Å². The highest BCUT2D eigenvalue weighted by molar-refractivity contribution is 6.25. The van der Waals surface area contributed by atoms with E-state index in [0.717, 1.165) is 17.4 Å². The van der Waals surface area contributed by atoms with E-state index in [-0.39, 0.29) is 5.82 Å². The van der Waals surface area contributed by atoms with Crippen molar-refractivity contribution in [1.82, 2.24) is 0 Å². The molecular weight excluding hydrogens is 323 g/mol. The van der Waals surface area contributed by atoms with Gasteiger partial charge in [-0.25, -0.2) is 4.39 Å². The van der Waals surface area contributed by atoms with Crippen LogP contribution in [0.1, 0.15) is 62.8 Å². The van der Waals surface area contributed by atoms with Gasteiger partial charge in [0.2, 0.25) is 0 Å². The first kappa shape index (κ1) is 17.8. The van der Waals surface area contributed by atoms with E-state index in [0.29, 0.717) is 17.6 Å². The van der Waals surface area contributed by atoms with Crippen LogP contribution in [0.2, 0.25) is 0 Å². The molecule has 2 aliphatic carbocycles. The summed E-state index contributed by atoms with van der Waals surface area (Å²) in [5, 5.41) is 0.